The summed E-state index contributed by atoms with van der Waals surface area (Å²) < 4.78 is 0. The van der Waals surface area contributed by atoms with E-state index in [1.165, 1.54) is 10.8 Å². The first kappa shape index (κ1) is 14.9. The van der Waals surface area contributed by atoms with Gasteiger partial charge in [-0.2, -0.15) is 10.2 Å². The molecule has 0 saturated heterocycles. The van der Waals surface area contributed by atoms with E-state index in [1.807, 2.05) is 6.92 Å². The molecule has 0 aliphatic rings. The highest BCUT2D eigenvalue weighted by Crippen LogP contribution is 2.21. The SMILES string of the molecule is CCCNC(Cc1nnc(C)c2ccccc12)C(C)C. The van der Waals surface area contributed by atoms with Gasteiger partial charge in [-0.25, -0.2) is 0 Å². The van der Waals surface area contributed by atoms with Crippen LogP contribution < -0.4 is 5.32 Å². The molecule has 0 bridgehead atoms. The highest BCUT2D eigenvalue weighted by molar-refractivity contribution is 5.86. The summed E-state index contributed by atoms with van der Waals surface area (Å²) in [4.78, 5) is 0. The highest BCUT2D eigenvalue weighted by atomic mass is 15.1. The minimum atomic E-state index is 0.454. The number of benzene rings is 1. The predicted octanol–water partition coefficient (Wildman–Crippen LogP) is 3.50. The number of aryl methyl sites for hydroxylation is 1. The summed E-state index contributed by atoms with van der Waals surface area (Å²) in [7, 11) is 0. The van der Waals surface area contributed by atoms with Crippen molar-refractivity contribution in [2.45, 2.75) is 46.6 Å². The number of nitrogens with one attached hydrogen (secondary N) is 1. The Balaban J connectivity index is 2.30. The van der Waals surface area contributed by atoms with Crippen LogP contribution in [-0.4, -0.2) is 22.8 Å². The molecule has 0 saturated carbocycles. The van der Waals surface area contributed by atoms with E-state index < -0.39 is 0 Å². The molecular formula is C17H25N3. The van der Waals surface area contributed by atoms with Crippen molar-refractivity contribution in [3.63, 3.8) is 0 Å². The maximum atomic E-state index is 4.45. The lowest BCUT2D eigenvalue weighted by molar-refractivity contribution is 0.394. The van der Waals surface area contributed by atoms with Crippen LogP contribution in [0, 0.1) is 12.8 Å². The minimum absolute atomic E-state index is 0.454. The molecule has 0 radical (unpaired) electrons. The lowest BCUT2D eigenvalue weighted by atomic mass is 9.96. The Hall–Kier alpha value is -1.48. The van der Waals surface area contributed by atoms with Gasteiger partial charge in [-0.05, 0) is 25.8 Å². The largest absolute Gasteiger partial charge is 0.313 e. The molecule has 2 aromatic rings. The van der Waals surface area contributed by atoms with Gasteiger partial charge in [-0.1, -0.05) is 45.0 Å². The van der Waals surface area contributed by atoms with Crippen LogP contribution in [0.1, 0.15) is 38.6 Å². The van der Waals surface area contributed by atoms with E-state index in [2.05, 4.69) is 60.6 Å². The van der Waals surface area contributed by atoms with E-state index in [9.17, 15) is 0 Å². The molecule has 1 atom stereocenters. The zero-order valence-corrected chi connectivity index (χ0v) is 13.0. The van der Waals surface area contributed by atoms with Crippen LogP contribution in [0.15, 0.2) is 24.3 Å². The molecule has 2 rings (SSSR count). The predicted molar refractivity (Wildman–Crippen MR) is 84.9 cm³/mol. The van der Waals surface area contributed by atoms with Crippen molar-refractivity contribution < 1.29 is 0 Å². The Morgan fingerprint density at radius 1 is 1.10 bits per heavy atom. The number of rotatable bonds is 6. The van der Waals surface area contributed by atoms with Crippen LogP contribution in [0.2, 0.25) is 0 Å². The van der Waals surface area contributed by atoms with E-state index in [1.54, 1.807) is 0 Å². The maximum Gasteiger partial charge on any atom is 0.0725 e. The quantitative estimate of drug-likeness (QED) is 0.873. The molecule has 0 fully saturated rings. The first-order valence-electron chi connectivity index (χ1n) is 7.57. The standard InChI is InChI=1S/C17H25N3/c1-5-10-18-16(12(2)3)11-17-15-9-7-6-8-14(15)13(4)19-20-17/h6-9,12,16,18H,5,10-11H2,1-4H3. The van der Waals surface area contributed by atoms with Gasteiger partial charge in [0.2, 0.25) is 0 Å². The summed E-state index contributed by atoms with van der Waals surface area (Å²) >= 11 is 0. The smallest absolute Gasteiger partial charge is 0.0725 e. The summed E-state index contributed by atoms with van der Waals surface area (Å²) in [5, 5.41) is 14.9. The number of hydrogen-bond donors (Lipinski definition) is 1. The van der Waals surface area contributed by atoms with Crippen LogP contribution in [-0.2, 0) is 6.42 Å². The topological polar surface area (TPSA) is 37.8 Å². The monoisotopic (exact) mass is 271 g/mol. The molecule has 0 spiro atoms. The van der Waals surface area contributed by atoms with Gasteiger partial charge in [0.1, 0.15) is 0 Å². The fraction of sp³-hybridized carbons (Fsp3) is 0.529. The van der Waals surface area contributed by atoms with Gasteiger partial charge in [0.05, 0.1) is 11.4 Å². The normalized spacial score (nSPS) is 13.1. The third-order valence-electron chi connectivity index (χ3n) is 3.82. The zero-order chi connectivity index (χ0) is 14.5. The van der Waals surface area contributed by atoms with Crippen molar-refractivity contribution in [2.75, 3.05) is 6.54 Å². The summed E-state index contributed by atoms with van der Waals surface area (Å²) in [5.41, 5.74) is 2.11. The third kappa shape index (κ3) is 3.34. The Morgan fingerprint density at radius 3 is 2.45 bits per heavy atom. The fourth-order valence-corrected chi connectivity index (χ4v) is 2.53. The number of nitrogens with zero attached hydrogens (tertiary/aromatic N) is 2. The van der Waals surface area contributed by atoms with Crippen molar-refractivity contribution in [1.82, 2.24) is 15.5 Å². The van der Waals surface area contributed by atoms with Crippen molar-refractivity contribution in [3.05, 3.63) is 35.7 Å². The number of hydrogen-bond acceptors (Lipinski definition) is 3. The Labute approximate surface area is 121 Å². The molecule has 1 aromatic heterocycles. The fourth-order valence-electron chi connectivity index (χ4n) is 2.53. The number of fused-ring (bicyclic) bond motifs is 1. The van der Waals surface area contributed by atoms with Crippen molar-refractivity contribution in [2.24, 2.45) is 5.92 Å². The van der Waals surface area contributed by atoms with E-state index >= 15 is 0 Å². The Kier molecular flexibility index (Phi) is 5.07. The van der Waals surface area contributed by atoms with Gasteiger partial charge in [-0.3, -0.25) is 0 Å². The van der Waals surface area contributed by atoms with Crippen molar-refractivity contribution >= 4 is 10.8 Å². The molecule has 3 nitrogen and oxygen atoms in total. The molecule has 1 heterocycles. The first-order chi connectivity index (χ1) is 9.63. The Morgan fingerprint density at radius 2 is 1.80 bits per heavy atom. The van der Waals surface area contributed by atoms with Gasteiger partial charge in [-0.15, -0.1) is 0 Å². The van der Waals surface area contributed by atoms with Gasteiger partial charge in [0.25, 0.3) is 0 Å². The zero-order valence-electron chi connectivity index (χ0n) is 13.0. The van der Waals surface area contributed by atoms with Crippen LogP contribution in [0.4, 0.5) is 0 Å². The van der Waals surface area contributed by atoms with Crippen LogP contribution >= 0.6 is 0 Å². The van der Waals surface area contributed by atoms with Gasteiger partial charge in [0.15, 0.2) is 0 Å². The first-order valence-corrected chi connectivity index (χ1v) is 7.57. The average molecular weight is 271 g/mol. The van der Waals surface area contributed by atoms with Crippen LogP contribution in [0.5, 0.6) is 0 Å². The lowest BCUT2D eigenvalue weighted by Crippen LogP contribution is -2.36. The van der Waals surface area contributed by atoms with E-state index in [4.69, 9.17) is 0 Å². The summed E-state index contributed by atoms with van der Waals surface area (Å²) in [6, 6.07) is 8.89. The maximum absolute atomic E-state index is 4.45. The molecule has 0 amide bonds. The molecule has 20 heavy (non-hydrogen) atoms. The third-order valence-corrected chi connectivity index (χ3v) is 3.82. The molecule has 1 N–H and O–H groups in total. The van der Waals surface area contributed by atoms with Crippen LogP contribution in [0.3, 0.4) is 0 Å². The highest BCUT2D eigenvalue weighted by Gasteiger charge is 2.16. The molecule has 1 aromatic carbocycles. The van der Waals surface area contributed by atoms with Crippen molar-refractivity contribution in [1.29, 1.82) is 0 Å². The summed E-state index contributed by atoms with van der Waals surface area (Å²) in [5.74, 6) is 0.586. The second-order valence-electron chi connectivity index (χ2n) is 5.79. The summed E-state index contributed by atoms with van der Waals surface area (Å²) in [6.07, 6.45) is 2.09. The lowest BCUT2D eigenvalue weighted by Gasteiger charge is -2.22. The van der Waals surface area contributed by atoms with Gasteiger partial charge >= 0.3 is 0 Å². The molecule has 3 heteroatoms. The minimum Gasteiger partial charge on any atom is -0.313 e. The second kappa shape index (κ2) is 6.80. The number of aromatic nitrogens is 2. The molecular weight excluding hydrogens is 246 g/mol. The Bertz CT molecular complexity index is 563. The van der Waals surface area contributed by atoms with Crippen LogP contribution in [0.25, 0.3) is 10.8 Å². The molecule has 108 valence electrons. The molecule has 0 aliphatic heterocycles. The summed E-state index contributed by atoms with van der Waals surface area (Å²) in [6.45, 7) is 9.80. The van der Waals surface area contributed by atoms with E-state index in [0.717, 1.165) is 30.8 Å². The molecule has 1 unspecified atom stereocenters. The van der Waals surface area contributed by atoms with Gasteiger partial charge < -0.3 is 5.32 Å². The average Bonchev–Trinajstić information content (AvgIpc) is 2.45. The molecule has 0 aliphatic carbocycles. The van der Waals surface area contributed by atoms with E-state index in [-0.39, 0.29) is 0 Å². The van der Waals surface area contributed by atoms with E-state index in [0.29, 0.717) is 12.0 Å². The van der Waals surface area contributed by atoms with Gasteiger partial charge in [0, 0.05) is 23.2 Å². The van der Waals surface area contributed by atoms with Crippen molar-refractivity contribution in [3.8, 4) is 0 Å². The second-order valence-corrected chi connectivity index (χ2v) is 5.79.